The standard InChI is InChI=1S/C13H15N3O2S.C8H6O/c1-2-18-12-8-10(15-13(17)19)9-14-16(12)11-6-4-3-5-7-11;1-5-2-3-6-7(4-5)8(6)9/h4-9,11H,2-3H2,1H3,(H,17,19);2-4H,1H3. The number of hydrogen-bond acceptors (Lipinski definition) is 4. The molecule has 0 aliphatic heterocycles. The first-order valence-electron chi connectivity index (χ1n) is 8.97. The van der Waals surface area contributed by atoms with Crippen LogP contribution in [0.15, 0.2) is 64.6 Å². The van der Waals surface area contributed by atoms with Gasteiger partial charge in [0.25, 0.3) is 0 Å². The normalized spacial score (nSPS) is 14.3. The van der Waals surface area contributed by atoms with Gasteiger partial charge >= 0.3 is 5.24 Å². The number of nitrogens with zero attached hydrogens (tertiary/aromatic N) is 3. The van der Waals surface area contributed by atoms with Gasteiger partial charge in [0.2, 0.25) is 5.88 Å². The molecule has 1 aromatic heterocycles. The first-order valence-corrected chi connectivity index (χ1v) is 9.42. The number of hydrogen-bond donors (Lipinski definition) is 1. The fourth-order valence-corrected chi connectivity index (χ4v) is 2.91. The van der Waals surface area contributed by atoms with Crippen molar-refractivity contribution in [2.24, 2.45) is 4.99 Å². The Hall–Kier alpha value is -2.93. The van der Waals surface area contributed by atoms with Gasteiger partial charge in [-0.3, -0.25) is 9.59 Å². The molecular weight excluding hydrogens is 374 g/mol. The van der Waals surface area contributed by atoms with Crippen LogP contribution in [0.4, 0.5) is 4.79 Å². The highest BCUT2D eigenvalue weighted by atomic mass is 32.1. The van der Waals surface area contributed by atoms with Gasteiger partial charge in [-0.1, -0.05) is 54.6 Å². The van der Waals surface area contributed by atoms with Crippen molar-refractivity contribution in [2.75, 3.05) is 6.61 Å². The average Bonchev–Trinajstić information content (AvgIpc) is 3.32. The maximum atomic E-state index is 10.9. The largest absolute Gasteiger partial charge is 0.478 e. The van der Waals surface area contributed by atoms with E-state index in [0.29, 0.717) is 17.8 Å². The van der Waals surface area contributed by atoms with E-state index >= 15 is 0 Å². The number of fused-ring (bicyclic) bond motifs is 1. The highest BCUT2D eigenvalue weighted by Crippen LogP contribution is 2.20. The summed E-state index contributed by atoms with van der Waals surface area (Å²) in [5, 5.41) is 5.98. The van der Waals surface area contributed by atoms with Crippen LogP contribution >= 0.6 is 12.6 Å². The molecule has 0 radical (unpaired) electrons. The van der Waals surface area contributed by atoms with Gasteiger partial charge in [-0.25, -0.2) is 9.67 Å². The summed E-state index contributed by atoms with van der Waals surface area (Å²) in [5.74, 6) is 0.569. The van der Waals surface area contributed by atoms with Gasteiger partial charge in [0.15, 0.2) is 5.43 Å². The number of allylic oxidation sites excluding steroid dienone is 4. The maximum absolute atomic E-state index is 10.9. The van der Waals surface area contributed by atoms with Crippen LogP contribution in [0.3, 0.4) is 0 Å². The number of benzene rings is 1. The SMILES string of the molecule is CCOc1cc(=NC(=O)S)cnn1C1C=CCC=C1.Cc1ccc2c(=O)c2c1. The van der Waals surface area contributed by atoms with Crippen LogP contribution in [0.5, 0.6) is 5.88 Å². The van der Waals surface area contributed by atoms with Crippen molar-refractivity contribution in [3.8, 4) is 5.88 Å². The van der Waals surface area contributed by atoms with Gasteiger partial charge < -0.3 is 4.74 Å². The van der Waals surface area contributed by atoms with Crippen molar-refractivity contribution in [3.05, 3.63) is 75.9 Å². The molecule has 144 valence electrons. The first-order chi connectivity index (χ1) is 13.5. The summed E-state index contributed by atoms with van der Waals surface area (Å²) in [4.78, 5) is 25.3. The third-order valence-electron chi connectivity index (χ3n) is 4.15. The van der Waals surface area contributed by atoms with Gasteiger partial charge in [0.05, 0.1) is 24.2 Å². The van der Waals surface area contributed by atoms with Gasteiger partial charge in [0.1, 0.15) is 0 Å². The highest BCUT2D eigenvalue weighted by Gasteiger charge is 2.11. The second-order valence-corrected chi connectivity index (χ2v) is 6.67. The fourth-order valence-electron chi connectivity index (χ4n) is 2.80. The van der Waals surface area contributed by atoms with Gasteiger partial charge in [0, 0.05) is 16.8 Å². The number of carbonyl (C=O) groups is 1. The zero-order valence-electron chi connectivity index (χ0n) is 15.7. The molecule has 1 aliphatic rings. The van der Waals surface area contributed by atoms with E-state index in [1.807, 2.05) is 32.0 Å². The molecular formula is C21H21N3O3S. The lowest BCUT2D eigenvalue weighted by atomic mass is 10.1. The number of amides is 1. The molecule has 0 N–H and O–H groups in total. The molecule has 7 heteroatoms. The van der Waals surface area contributed by atoms with Crippen LogP contribution in [0.1, 0.15) is 24.9 Å². The summed E-state index contributed by atoms with van der Waals surface area (Å²) in [6.07, 6.45) is 10.7. The molecule has 0 unspecified atom stereocenters. The van der Waals surface area contributed by atoms with E-state index < -0.39 is 5.24 Å². The van der Waals surface area contributed by atoms with Crippen LogP contribution in [0.25, 0.3) is 10.8 Å². The van der Waals surface area contributed by atoms with E-state index in [1.54, 1.807) is 10.7 Å². The van der Waals surface area contributed by atoms with Crippen LogP contribution in [-0.2, 0) is 0 Å². The summed E-state index contributed by atoms with van der Waals surface area (Å²) >= 11 is 3.62. The van der Waals surface area contributed by atoms with Gasteiger partial charge in [-0.05, 0) is 26.3 Å². The van der Waals surface area contributed by atoms with Crippen LogP contribution < -0.4 is 15.5 Å². The minimum Gasteiger partial charge on any atom is -0.478 e. The van der Waals surface area contributed by atoms with Crippen molar-refractivity contribution >= 4 is 28.6 Å². The smallest absolute Gasteiger partial charge is 0.302 e. The molecule has 1 amide bonds. The minimum absolute atomic E-state index is 0.0241. The fraction of sp³-hybridized carbons (Fsp3) is 0.238. The summed E-state index contributed by atoms with van der Waals surface area (Å²) in [7, 11) is 0. The number of aryl methyl sites for hydroxylation is 1. The molecule has 3 aromatic rings. The molecule has 2 aromatic carbocycles. The Balaban J connectivity index is 0.000000206. The Morgan fingerprint density at radius 3 is 2.64 bits per heavy atom. The molecule has 0 saturated heterocycles. The van der Waals surface area contributed by atoms with E-state index in [1.165, 1.54) is 11.8 Å². The molecule has 1 heterocycles. The van der Waals surface area contributed by atoms with E-state index in [-0.39, 0.29) is 11.5 Å². The van der Waals surface area contributed by atoms with Crippen LogP contribution in [0, 0.1) is 6.92 Å². The molecule has 0 bridgehead atoms. The monoisotopic (exact) mass is 395 g/mol. The molecule has 4 rings (SSSR count). The Kier molecular flexibility index (Phi) is 6.26. The van der Waals surface area contributed by atoms with Crippen LogP contribution in [-0.4, -0.2) is 21.6 Å². The molecule has 0 fully saturated rings. The predicted molar refractivity (Wildman–Crippen MR) is 113 cm³/mol. The predicted octanol–water partition coefficient (Wildman–Crippen LogP) is 3.67. The molecule has 0 saturated carbocycles. The van der Waals surface area contributed by atoms with E-state index in [2.05, 4.69) is 47.0 Å². The zero-order chi connectivity index (χ0) is 20.1. The third kappa shape index (κ3) is 4.86. The van der Waals surface area contributed by atoms with Crippen molar-refractivity contribution < 1.29 is 9.53 Å². The number of thiol groups is 1. The third-order valence-corrected chi connectivity index (χ3v) is 4.25. The zero-order valence-corrected chi connectivity index (χ0v) is 16.6. The maximum Gasteiger partial charge on any atom is 0.302 e. The van der Waals surface area contributed by atoms with Crippen molar-refractivity contribution in [2.45, 2.75) is 26.3 Å². The Labute approximate surface area is 168 Å². The molecule has 0 atom stereocenters. The highest BCUT2D eigenvalue weighted by molar-refractivity contribution is 7.96. The number of aromatic nitrogens is 2. The lowest BCUT2D eigenvalue weighted by Gasteiger charge is -2.18. The second-order valence-electron chi connectivity index (χ2n) is 6.28. The van der Waals surface area contributed by atoms with E-state index in [0.717, 1.165) is 17.2 Å². The summed E-state index contributed by atoms with van der Waals surface area (Å²) < 4.78 is 7.30. The van der Waals surface area contributed by atoms with Crippen molar-refractivity contribution in [3.63, 3.8) is 0 Å². The van der Waals surface area contributed by atoms with Gasteiger partial charge in [-0.15, -0.1) is 0 Å². The summed E-state index contributed by atoms with van der Waals surface area (Å²) in [6.45, 7) is 4.40. The number of ether oxygens (including phenoxy) is 1. The first kappa shape index (κ1) is 19.8. The molecule has 28 heavy (non-hydrogen) atoms. The minimum atomic E-state index is -0.556. The van der Waals surface area contributed by atoms with Gasteiger partial charge in [-0.2, -0.15) is 5.10 Å². The molecule has 6 nitrogen and oxygen atoms in total. The average molecular weight is 395 g/mol. The van der Waals surface area contributed by atoms with Crippen molar-refractivity contribution in [1.82, 2.24) is 9.78 Å². The lowest BCUT2D eigenvalue weighted by Crippen LogP contribution is -2.18. The number of carbonyl (C=O) groups excluding carboxylic acids is 1. The van der Waals surface area contributed by atoms with E-state index in [4.69, 9.17) is 4.74 Å². The van der Waals surface area contributed by atoms with Crippen molar-refractivity contribution in [1.29, 1.82) is 0 Å². The lowest BCUT2D eigenvalue weighted by molar-refractivity contribution is 0.267. The topological polar surface area (TPSA) is 73.5 Å². The summed E-state index contributed by atoms with van der Waals surface area (Å²) in [6, 6.07) is 7.48. The molecule has 0 spiro atoms. The van der Waals surface area contributed by atoms with Crippen LogP contribution in [0.2, 0.25) is 0 Å². The Morgan fingerprint density at radius 2 is 2.04 bits per heavy atom. The number of rotatable bonds is 3. The van der Waals surface area contributed by atoms with E-state index in [9.17, 15) is 9.59 Å². The Bertz CT molecular complexity index is 1120. The summed E-state index contributed by atoms with van der Waals surface area (Å²) in [5.41, 5.74) is 1.39. The Morgan fingerprint density at radius 1 is 1.29 bits per heavy atom. The second kappa shape index (κ2) is 8.84. The quantitative estimate of drug-likeness (QED) is 0.542. The molecule has 1 aliphatic carbocycles.